The van der Waals surface area contributed by atoms with Crippen LogP contribution in [0, 0.1) is 11.8 Å². The Labute approximate surface area is 137 Å². The Balaban J connectivity index is 1.82. The van der Waals surface area contributed by atoms with Gasteiger partial charge < -0.3 is 15.2 Å². The van der Waals surface area contributed by atoms with E-state index in [0.717, 1.165) is 8.95 Å². The van der Waals surface area contributed by atoms with E-state index in [9.17, 15) is 14.7 Å². The fraction of sp³-hybridized carbons (Fsp3) is 0.286. The van der Waals surface area contributed by atoms with Gasteiger partial charge in [-0.3, -0.25) is 9.59 Å². The summed E-state index contributed by atoms with van der Waals surface area (Å²) in [5.41, 5.74) is 0.596. The van der Waals surface area contributed by atoms with Gasteiger partial charge in [-0.15, -0.1) is 0 Å². The zero-order chi connectivity index (χ0) is 15.1. The van der Waals surface area contributed by atoms with Gasteiger partial charge in [-0.05, 0) is 34.1 Å². The number of fused-ring (bicyclic) bond motifs is 2. The Morgan fingerprint density at radius 2 is 1.81 bits per heavy atom. The maximum atomic E-state index is 12.4. The molecule has 2 aliphatic rings. The van der Waals surface area contributed by atoms with E-state index in [1.54, 1.807) is 24.3 Å². The predicted molar refractivity (Wildman–Crippen MR) is 82.9 cm³/mol. The Morgan fingerprint density at radius 3 is 2.43 bits per heavy atom. The number of halogens is 2. The molecule has 1 amide bonds. The number of hydrogen-bond donors (Lipinski definition) is 2. The molecule has 0 radical (unpaired) electrons. The summed E-state index contributed by atoms with van der Waals surface area (Å²) in [5, 5.41) is 12.1. The van der Waals surface area contributed by atoms with Crippen LogP contribution in [0.3, 0.4) is 0 Å². The molecule has 21 heavy (non-hydrogen) atoms. The van der Waals surface area contributed by atoms with E-state index in [1.807, 2.05) is 6.07 Å². The summed E-state index contributed by atoms with van der Waals surface area (Å²) in [7, 11) is 0. The van der Waals surface area contributed by atoms with E-state index >= 15 is 0 Å². The van der Waals surface area contributed by atoms with E-state index in [1.165, 1.54) is 0 Å². The minimum absolute atomic E-state index is 0.345. The number of nitrogens with one attached hydrogen (secondary N) is 1. The second-order valence-electron chi connectivity index (χ2n) is 4.95. The minimum atomic E-state index is -1.01. The Bertz CT molecular complexity index is 646. The van der Waals surface area contributed by atoms with E-state index < -0.39 is 30.0 Å². The van der Waals surface area contributed by atoms with Crippen LogP contribution in [0.5, 0.6) is 0 Å². The Kier molecular flexibility index (Phi) is 3.90. The number of amides is 1. The highest BCUT2D eigenvalue weighted by molar-refractivity contribution is 9.11. The SMILES string of the molecule is O=C(O)[C@@H]1[C@H](C(=O)Nc2ccc(Br)cc2Br)[C@@H]2C=C[C@@H]1O2. The molecule has 1 saturated heterocycles. The fourth-order valence-corrected chi connectivity index (χ4v) is 3.87. The molecule has 4 atom stereocenters. The average Bonchev–Trinajstić information content (AvgIpc) is 3.02. The minimum Gasteiger partial charge on any atom is -0.481 e. The molecule has 2 heterocycles. The molecule has 2 bridgehead atoms. The second-order valence-corrected chi connectivity index (χ2v) is 6.72. The van der Waals surface area contributed by atoms with Crippen molar-refractivity contribution in [1.82, 2.24) is 0 Å². The largest absolute Gasteiger partial charge is 0.481 e. The molecule has 2 aliphatic heterocycles. The third-order valence-corrected chi connectivity index (χ3v) is 4.83. The van der Waals surface area contributed by atoms with E-state index in [-0.39, 0.29) is 5.91 Å². The standard InChI is InChI=1S/C14H11Br2NO4/c15-6-1-2-8(7(16)5-6)17-13(18)11-9-3-4-10(21-9)12(11)14(19)20/h1-5,9-12H,(H,17,18)(H,19,20)/t9-,10-,11+,12-/m0/s1. The van der Waals surface area contributed by atoms with Gasteiger partial charge >= 0.3 is 5.97 Å². The second kappa shape index (κ2) is 5.55. The lowest BCUT2D eigenvalue weighted by molar-refractivity contribution is -0.145. The third kappa shape index (κ3) is 2.65. The van der Waals surface area contributed by atoms with Gasteiger partial charge in [0.05, 0.1) is 23.8 Å². The monoisotopic (exact) mass is 415 g/mol. The molecule has 5 nitrogen and oxygen atoms in total. The van der Waals surface area contributed by atoms with Crippen LogP contribution in [0.4, 0.5) is 5.69 Å². The number of carbonyl (C=O) groups excluding carboxylic acids is 1. The van der Waals surface area contributed by atoms with Crippen molar-refractivity contribution < 1.29 is 19.4 Å². The number of anilines is 1. The van der Waals surface area contributed by atoms with Crippen molar-refractivity contribution in [3.63, 3.8) is 0 Å². The van der Waals surface area contributed by atoms with Crippen LogP contribution in [0.15, 0.2) is 39.3 Å². The number of benzene rings is 1. The van der Waals surface area contributed by atoms with Crippen LogP contribution in [0.25, 0.3) is 0 Å². The van der Waals surface area contributed by atoms with Crippen LogP contribution in [0.2, 0.25) is 0 Å². The summed E-state index contributed by atoms with van der Waals surface area (Å²) < 4.78 is 7.09. The lowest BCUT2D eigenvalue weighted by Crippen LogP contribution is -2.39. The molecular weight excluding hydrogens is 406 g/mol. The van der Waals surface area contributed by atoms with Gasteiger partial charge in [0.15, 0.2) is 0 Å². The van der Waals surface area contributed by atoms with Gasteiger partial charge in [-0.2, -0.15) is 0 Å². The van der Waals surface area contributed by atoms with Crippen molar-refractivity contribution >= 4 is 49.4 Å². The van der Waals surface area contributed by atoms with Gasteiger partial charge in [-0.1, -0.05) is 28.1 Å². The number of carboxylic acids is 1. The van der Waals surface area contributed by atoms with Gasteiger partial charge in [0.1, 0.15) is 5.92 Å². The van der Waals surface area contributed by atoms with Crippen molar-refractivity contribution in [1.29, 1.82) is 0 Å². The molecule has 7 heteroatoms. The van der Waals surface area contributed by atoms with E-state index in [4.69, 9.17) is 4.74 Å². The summed E-state index contributed by atoms with van der Waals surface area (Å²) in [6.07, 6.45) is 2.48. The van der Waals surface area contributed by atoms with Crippen LogP contribution in [-0.2, 0) is 14.3 Å². The lowest BCUT2D eigenvalue weighted by Gasteiger charge is -2.21. The number of carbonyl (C=O) groups is 2. The van der Waals surface area contributed by atoms with Crippen LogP contribution in [-0.4, -0.2) is 29.2 Å². The van der Waals surface area contributed by atoms with Crippen molar-refractivity contribution in [3.05, 3.63) is 39.3 Å². The topological polar surface area (TPSA) is 75.6 Å². The maximum Gasteiger partial charge on any atom is 0.310 e. The molecular formula is C14H11Br2NO4. The summed E-state index contributed by atoms with van der Waals surface area (Å²) in [5.74, 6) is -2.91. The molecule has 1 fully saturated rings. The van der Waals surface area contributed by atoms with Crippen molar-refractivity contribution in [2.45, 2.75) is 12.2 Å². The fourth-order valence-electron chi connectivity index (χ4n) is 2.72. The molecule has 1 aromatic carbocycles. The van der Waals surface area contributed by atoms with Gasteiger partial charge in [0.2, 0.25) is 5.91 Å². The molecule has 110 valence electrons. The molecule has 3 rings (SSSR count). The third-order valence-electron chi connectivity index (χ3n) is 3.68. The summed E-state index contributed by atoms with van der Waals surface area (Å²) in [6, 6.07) is 5.35. The molecule has 0 saturated carbocycles. The highest BCUT2D eigenvalue weighted by atomic mass is 79.9. The van der Waals surface area contributed by atoms with Crippen molar-refractivity contribution in [2.24, 2.45) is 11.8 Å². The van der Waals surface area contributed by atoms with Gasteiger partial charge in [0, 0.05) is 8.95 Å². The first-order valence-corrected chi connectivity index (χ1v) is 7.88. The zero-order valence-corrected chi connectivity index (χ0v) is 13.8. The smallest absolute Gasteiger partial charge is 0.310 e. The Morgan fingerprint density at radius 1 is 1.14 bits per heavy atom. The quantitative estimate of drug-likeness (QED) is 0.743. The van der Waals surface area contributed by atoms with Crippen molar-refractivity contribution in [3.8, 4) is 0 Å². The summed E-state index contributed by atoms with van der Waals surface area (Å²) in [4.78, 5) is 23.8. The van der Waals surface area contributed by atoms with Crippen LogP contribution in [0.1, 0.15) is 0 Å². The lowest BCUT2D eigenvalue weighted by atomic mass is 9.82. The summed E-state index contributed by atoms with van der Waals surface area (Å²) in [6.45, 7) is 0. The first-order chi connectivity index (χ1) is 9.97. The number of rotatable bonds is 3. The number of carboxylic acid groups (broad SMARTS) is 1. The molecule has 0 aliphatic carbocycles. The van der Waals surface area contributed by atoms with Crippen molar-refractivity contribution in [2.75, 3.05) is 5.32 Å². The highest BCUT2D eigenvalue weighted by Gasteiger charge is 2.53. The zero-order valence-electron chi connectivity index (χ0n) is 10.6. The molecule has 2 N–H and O–H groups in total. The highest BCUT2D eigenvalue weighted by Crippen LogP contribution is 2.40. The predicted octanol–water partition coefficient (Wildman–Crippen LogP) is 2.80. The first kappa shape index (κ1) is 14.7. The summed E-state index contributed by atoms with van der Waals surface area (Å²) >= 11 is 6.70. The van der Waals surface area contributed by atoms with Gasteiger partial charge in [-0.25, -0.2) is 0 Å². The molecule has 0 aromatic heterocycles. The first-order valence-electron chi connectivity index (χ1n) is 6.30. The normalized spacial score (nSPS) is 29.6. The number of hydrogen-bond acceptors (Lipinski definition) is 3. The van der Waals surface area contributed by atoms with Crippen LogP contribution >= 0.6 is 31.9 Å². The molecule has 1 aromatic rings. The van der Waals surface area contributed by atoms with Gasteiger partial charge in [0.25, 0.3) is 0 Å². The van der Waals surface area contributed by atoms with E-state index in [0.29, 0.717) is 5.69 Å². The van der Waals surface area contributed by atoms with E-state index in [2.05, 4.69) is 37.2 Å². The molecule has 0 spiro atoms. The maximum absolute atomic E-state index is 12.4. The Hall–Kier alpha value is -1.18. The average molecular weight is 417 g/mol. The number of aliphatic carboxylic acids is 1. The number of ether oxygens (including phenoxy) is 1. The molecule has 0 unspecified atom stereocenters. The van der Waals surface area contributed by atoms with Crippen LogP contribution < -0.4 is 5.32 Å².